The highest BCUT2D eigenvalue weighted by molar-refractivity contribution is 5.54. The topological polar surface area (TPSA) is 49.5 Å². The molecule has 0 saturated carbocycles. The van der Waals surface area contributed by atoms with E-state index >= 15 is 0 Å². The molecule has 1 aromatic rings. The third-order valence-electron chi connectivity index (χ3n) is 3.89. The number of para-hydroxylation sites is 1. The van der Waals surface area contributed by atoms with E-state index in [2.05, 4.69) is 11.9 Å². The molecule has 0 aromatic heterocycles. The van der Waals surface area contributed by atoms with Gasteiger partial charge in [0.25, 0.3) is 0 Å². The van der Waals surface area contributed by atoms with Gasteiger partial charge in [-0.25, -0.2) is 0 Å². The van der Waals surface area contributed by atoms with Crippen molar-refractivity contribution in [3.63, 3.8) is 0 Å². The lowest BCUT2D eigenvalue weighted by Crippen LogP contribution is -2.32. The maximum Gasteiger partial charge on any atom is 0.0839 e. The number of likely N-dealkylation sites (tertiary alicyclic amines) is 1. The Balaban J connectivity index is 2.14. The van der Waals surface area contributed by atoms with Crippen molar-refractivity contribution >= 4 is 5.69 Å². The van der Waals surface area contributed by atoms with E-state index in [9.17, 15) is 5.11 Å². The number of hydrogen-bond acceptors (Lipinski definition) is 3. The van der Waals surface area contributed by atoms with Gasteiger partial charge >= 0.3 is 0 Å². The van der Waals surface area contributed by atoms with Crippen LogP contribution in [0.2, 0.25) is 0 Å². The van der Waals surface area contributed by atoms with E-state index in [0.717, 1.165) is 42.7 Å². The highest BCUT2D eigenvalue weighted by atomic mass is 16.3. The lowest BCUT2D eigenvalue weighted by molar-refractivity contribution is 0.0662. The maximum absolute atomic E-state index is 10.4. The number of aliphatic hydroxyl groups excluding tert-OH is 1. The number of benzene rings is 1. The van der Waals surface area contributed by atoms with Crippen LogP contribution in [0.4, 0.5) is 5.69 Å². The SMILES string of the molecule is Cc1cccc(C(O)C2CCN(C)CC2)c1N. The standard InChI is InChI=1S/C14H22N2O/c1-10-4-3-5-12(13(10)15)14(17)11-6-8-16(2)9-7-11/h3-5,11,14,17H,6-9,15H2,1-2H3. The molecule has 17 heavy (non-hydrogen) atoms. The summed E-state index contributed by atoms with van der Waals surface area (Å²) in [4.78, 5) is 2.31. The van der Waals surface area contributed by atoms with E-state index in [4.69, 9.17) is 5.73 Å². The van der Waals surface area contributed by atoms with E-state index in [0.29, 0.717) is 5.92 Å². The normalized spacial score (nSPS) is 20.4. The molecule has 0 amide bonds. The van der Waals surface area contributed by atoms with Crippen molar-refractivity contribution in [3.8, 4) is 0 Å². The summed E-state index contributed by atoms with van der Waals surface area (Å²) < 4.78 is 0. The van der Waals surface area contributed by atoms with Crippen LogP contribution in [-0.2, 0) is 0 Å². The van der Waals surface area contributed by atoms with Gasteiger partial charge in [-0.15, -0.1) is 0 Å². The second-order valence-electron chi connectivity index (χ2n) is 5.16. The van der Waals surface area contributed by atoms with Gasteiger partial charge in [0.15, 0.2) is 0 Å². The summed E-state index contributed by atoms with van der Waals surface area (Å²) in [6.07, 6.45) is 1.68. The Morgan fingerprint density at radius 2 is 2.00 bits per heavy atom. The molecule has 1 aliphatic rings. The smallest absolute Gasteiger partial charge is 0.0839 e. The third-order valence-corrected chi connectivity index (χ3v) is 3.89. The third kappa shape index (κ3) is 2.61. The summed E-state index contributed by atoms with van der Waals surface area (Å²) in [7, 11) is 2.13. The van der Waals surface area contributed by atoms with Gasteiger partial charge in [0.2, 0.25) is 0 Å². The lowest BCUT2D eigenvalue weighted by Gasteiger charge is -2.32. The van der Waals surface area contributed by atoms with Gasteiger partial charge < -0.3 is 15.7 Å². The van der Waals surface area contributed by atoms with Crippen LogP contribution in [0.3, 0.4) is 0 Å². The molecule has 3 N–H and O–H groups in total. The maximum atomic E-state index is 10.4. The Labute approximate surface area is 103 Å². The van der Waals surface area contributed by atoms with Crippen LogP contribution in [0.15, 0.2) is 18.2 Å². The first-order valence-corrected chi connectivity index (χ1v) is 6.31. The fourth-order valence-corrected chi connectivity index (χ4v) is 2.56. The van der Waals surface area contributed by atoms with Crippen molar-refractivity contribution in [1.29, 1.82) is 0 Å². The van der Waals surface area contributed by atoms with Crippen molar-refractivity contribution in [2.24, 2.45) is 5.92 Å². The first kappa shape index (κ1) is 12.4. The van der Waals surface area contributed by atoms with Crippen molar-refractivity contribution in [3.05, 3.63) is 29.3 Å². The van der Waals surface area contributed by atoms with Crippen LogP contribution in [-0.4, -0.2) is 30.1 Å². The molecule has 0 radical (unpaired) electrons. The molecular formula is C14H22N2O. The quantitative estimate of drug-likeness (QED) is 0.769. The van der Waals surface area contributed by atoms with Crippen molar-refractivity contribution in [2.45, 2.75) is 25.9 Å². The summed E-state index contributed by atoms with van der Waals surface area (Å²) >= 11 is 0. The van der Waals surface area contributed by atoms with Gasteiger partial charge in [0.05, 0.1) is 6.10 Å². The molecule has 1 aliphatic heterocycles. The molecule has 1 aromatic carbocycles. The average Bonchev–Trinajstić information content (AvgIpc) is 2.33. The fourth-order valence-electron chi connectivity index (χ4n) is 2.56. The van der Waals surface area contributed by atoms with Gasteiger partial charge in [-0.05, 0) is 51.4 Å². The molecule has 1 heterocycles. The molecule has 3 nitrogen and oxygen atoms in total. The van der Waals surface area contributed by atoms with E-state index in [1.54, 1.807) is 0 Å². The average molecular weight is 234 g/mol. The second-order valence-corrected chi connectivity index (χ2v) is 5.16. The van der Waals surface area contributed by atoms with Crippen molar-refractivity contribution in [1.82, 2.24) is 4.90 Å². The van der Waals surface area contributed by atoms with E-state index in [1.165, 1.54) is 0 Å². The Hall–Kier alpha value is -1.06. The molecule has 1 fully saturated rings. The molecule has 2 rings (SSSR count). The number of nitrogens with two attached hydrogens (primary N) is 1. The molecular weight excluding hydrogens is 212 g/mol. The summed E-state index contributed by atoms with van der Waals surface area (Å²) in [5.41, 5.74) is 8.75. The summed E-state index contributed by atoms with van der Waals surface area (Å²) in [6.45, 7) is 4.11. The molecule has 3 heteroatoms. The Bertz CT molecular complexity index is 384. The number of nitrogen functional groups attached to an aromatic ring is 1. The molecule has 0 spiro atoms. The van der Waals surface area contributed by atoms with Gasteiger partial charge in [-0.3, -0.25) is 0 Å². The van der Waals surface area contributed by atoms with Gasteiger partial charge in [-0.2, -0.15) is 0 Å². The summed E-state index contributed by atoms with van der Waals surface area (Å²) in [5.74, 6) is 0.343. The monoisotopic (exact) mass is 234 g/mol. The summed E-state index contributed by atoms with van der Waals surface area (Å²) in [6, 6.07) is 5.91. The van der Waals surface area contributed by atoms with E-state index in [-0.39, 0.29) is 0 Å². The zero-order chi connectivity index (χ0) is 12.4. The number of anilines is 1. The zero-order valence-corrected chi connectivity index (χ0v) is 10.7. The van der Waals surface area contributed by atoms with Crippen LogP contribution in [0.5, 0.6) is 0 Å². The highest BCUT2D eigenvalue weighted by Gasteiger charge is 2.26. The summed E-state index contributed by atoms with van der Waals surface area (Å²) in [5, 5.41) is 10.4. The highest BCUT2D eigenvalue weighted by Crippen LogP contribution is 2.34. The van der Waals surface area contributed by atoms with E-state index in [1.807, 2.05) is 25.1 Å². The largest absolute Gasteiger partial charge is 0.398 e. The number of hydrogen-bond donors (Lipinski definition) is 2. The Morgan fingerprint density at radius 3 is 2.65 bits per heavy atom. The van der Waals surface area contributed by atoms with Gasteiger partial charge in [0.1, 0.15) is 0 Å². The van der Waals surface area contributed by atoms with Crippen LogP contribution < -0.4 is 5.73 Å². The van der Waals surface area contributed by atoms with Crippen molar-refractivity contribution in [2.75, 3.05) is 25.9 Å². The minimum absolute atomic E-state index is 0.343. The minimum atomic E-state index is -0.413. The first-order chi connectivity index (χ1) is 8.09. The van der Waals surface area contributed by atoms with Gasteiger partial charge in [-0.1, -0.05) is 18.2 Å². The van der Waals surface area contributed by atoms with Crippen molar-refractivity contribution < 1.29 is 5.11 Å². The molecule has 1 atom stereocenters. The first-order valence-electron chi connectivity index (χ1n) is 6.31. The molecule has 0 aliphatic carbocycles. The molecule has 94 valence electrons. The predicted molar refractivity (Wildman–Crippen MR) is 70.8 cm³/mol. The van der Waals surface area contributed by atoms with Crippen LogP contribution in [0, 0.1) is 12.8 Å². The fraction of sp³-hybridized carbons (Fsp3) is 0.571. The Kier molecular flexibility index (Phi) is 3.69. The number of nitrogens with zero attached hydrogens (tertiary/aromatic N) is 1. The van der Waals surface area contributed by atoms with Gasteiger partial charge in [0, 0.05) is 11.3 Å². The second kappa shape index (κ2) is 5.07. The number of rotatable bonds is 2. The number of piperidine rings is 1. The Morgan fingerprint density at radius 1 is 1.35 bits per heavy atom. The molecule has 1 saturated heterocycles. The lowest BCUT2D eigenvalue weighted by atomic mass is 9.86. The number of aliphatic hydroxyl groups is 1. The molecule has 0 bridgehead atoms. The van der Waals surface area contributed by atoms with E-state index < -0.39 is 6.10 Å². The minimum Gasteiger partial charge on any atom is -0.398 e. The van der Waals surface area contributed by atoms with Crippen LogP contribution in [0.1, 0.15) is 30.1 Å². The number of aryl methyl sites for hydroxylation is 1. The van der Waals surface area contributed by atoms with Crippen LogP contribution in [0.25, 0.3) is 0 Å². The van der Waals surface area contributed by atoms with Crippen LogP contribution >= 0.6 is 0 Å². The predicted octanol–water partition coefficient (Wildman–Crippen LogP) is 1.95. The molecule has 1 unspecified atom stereocenters. The zero-order valence-electron chi connectivity index (χ0n) is 10.7.